The summed E-state index contributed by atoms with van der Waals surface area (Å²) in [5, 5.41) is 9.87. The lowest BCUT2D eigenvalue weighted by molar-refractivity contribution is 0.0725. The van der Waals surface area contributed by atoms with Gasteiger partial charge in [0.2, 0.25) is 0 Å². The summed E-state index contributed by atoms with van der Waals surface area (Å²) < 4.78 is 0.977. The summed E-state index contributed by atoms with van der Waals surface area (Å²) in [6.07, 6.45) is 3.20. The van der Waals surface area contributed by atoms with Gasteiger partial charge in [0.1, 0.15) is 5.69 Å². The lowest BCUT2D eigenvalue weighted by Crippen LogP contribution is -2.36. The topological polar surface area (TPSA) is 78.1 Å². The van der Waals surface area contributed by atoms with E-state index < -0.39 is 0 Å². The summed E-state index contributed by atoms with van der Waals surface area (Å²) in [6, 6.07) is 16.5. The van der Waals surface area contributed by atoms with Gasteiger partial charge in [-0.2, -0.15) is 5.10 Å². The fourth-order valence-corrected chi connectivity index (χ4v) is 3.71. The average Bonchev–Trinajstić information content (AvgIpc) is 3.25. The zero-order chi connectivity index (χ0) is 20.2. The molecule has 4 rings (SSSR count). The summed E-state index contributed by atoms with van der Waals surface area (Å²) in [5.41, 5.74) is 2.94. The van der Waals surface area contributed by atoms with Gasteiger partial charge >= 0.3 is 0 Å². The molecule has 1 aliphatic rings. The van der Waals surface area contributed by atoms with Crippen molar-refractivity contribution in [2.75, 3.05) is 18.4 Å². The Balaban J connectivity index is 1.52. The molecule has 0 aliphatic carbocycles. The molecule has 1 saturated heterocycles. The third kappa shape index (κ3) is 4.40. The van der Waals surface area contributed by atoms with Crippen LogP contribution < -0.4 is 5.32 Å². The highest BCUT2D eigenvalue weighted by atomic mass is 79.9. The van der Waals surface area contributed by atoms with Crippen LogP contribution in [0.4, 0.5) is 5.69 Å². The van der Waals surface area contributed by atoms with Gasteiger partial charge in [-0.15, -0.1) is 0 Å². The molecular formula is C22H21BrN4O2. The van der Waals surface area contributed by atoms with Crippen LogP contribution in [-0.2, 0) is 0 Å². The predicted molar refractivity (Wildman–Crippen MR) is 116 cm³/mol. The number of nitrogens with one attached hydrogen (secondary N) is 2. The number of hydrogen-bond acceptors (Lipinski definition) is 3. The average molecular weight is 453 g/mol. The van der Waals surface area contributed by atoms with Gasteiger partial charge in [-0.25, -0.2) is 0 Å². The van der Waals surface area contributed by atoms with E-state index in [4.69, 9.17) is 0 Å². The molecule has 7 heteroatoms. The number of hydrogen-bond donors (Lipinski definition) is 2. The number of amides is 2. The van der Waals surface area contributed by atoms with Gasteiger partial charge in [-0.05, 0) is 49.6 Å². The number of likely N-dealkylation sites (tertiary alicyclic amines) is 1. The molecule has 1 fully saturated rings. The molecule has 0 spiro atoms. The Kier molecular flexibility index (Phi) is 5.76. The summed E-state index contributed by atoms with van der Waals surface area (Å²) in [4.78, 5) is 27.5. The van der Waals surface area contributed by atoms with Crippen LogP contribution in [-0.4, -0.2) is 40.0 Å². The van der Waals surface area contributed by atoms with Gasteiger partial charge in [-0.1, -0.05) is 40.2 Å². The molecule has 3 aromatic rings. The van der Waals surface area contributed by atoms with Crippen LogP contribution in [0.3, 0.4) is 0 Å². The van der Waals surface area contributed by atoms with Gasteiger partial charge in [0.25, 0.3) is 11.8 Å². The van der Waals surface area contributed by atoms with Crippen molar-refractivity contribution in [1.82, 2.24) is 15.1 Å². The highest BCUT2D eigenvalue weighted by molar-refractivity contribution is 9.10. The first-order valence-corrected chi connectivity index (χ1v) is 10.4. The van der Waals surface area contributed by atoms with Crippen molar-refractivity contribution in [2.45, 2.75) is 19.3 Å². The van der Waals surface area contributed by atoms with Crippen LogP contribution in [0.15, 0.2) is 59.1 Å². The lowest BCUT2D eigenvalue weighted by Gasteiger charge is -2.27. The molecule has 2 aromatic carbocycles. The molecule has 0 saturated carbocycles. The second-order valence-corrected chi connectivity index (χ2v) is 7.94. The van der Waals surface area contributed by atoms with Crippen LogP contribution >= 0.6 is 15.9 Å². The number of H-pyrrole nitrogens is 1. The largest absolute Gasteiger partial charge is 0.339 e. The Morgan fingerprint density at radius 1 is 1.00 bits per heavy atom. The minimum Gasteiger partial charge on any atom is -0.339 e. The van der Waals surface area contributed by atoms with E-state index in [0.717, 1.165) is 42.4 Å². The van der Waals surface area contributed by atoms with E-state index in [9.17, 15) is 9.59 Å². The smallest absolute Gasteiger partial charge is 0.273 e. The maximum absolute atomic E-state index is 12.9. The summed E-state index contributed by atoms with van der Waals surface area (Å²) >= 11 is 3.41. The number of aromatic amines is 1. The van der Waals surface area contributed by atoms with Crippen LogP contribution in [0.2, 0.25) is 0 Å². The minimum atomic E-state index is -0.334. The van der Waals surface area contributed by atoms with Crippen molar-refractivity contribution in [3.63, 3.8) is 0 Å². The third-order valence-corrected chi connectivity index (χ3v) is 5.54. The monoisotopic (exact) mass is 452 g/mol. The standard InChI is InChI=1S/C22H21BrN4O2/c23-16-10-8-15(9-11-16)19-14-20(26-25-19)21(28)24-18-7-3-2-6-17(18)22(29)27-12-4-1-5-13-27/h2-3,6-11,14H,1,4-5,12-13H2,(H,24,28)(H,25,26). The van der Waals surface area contributed by atoms with E-state index in [1.807, 2.05) is 41.3 Å². The highest BCUT2D eigenvalue weighted by Gasteiger charge is 2.22. The molecular weight excluding hydrogens is 432 g/mol. The fourth-order valence-electron chi connectivity index (χ4n) is 3.44. The van der Waals surface area contributed by atoms with Crippen molar-refractivity contribution in [1.29, 1.82) is 0 Å². The SMILES string of the molecule is O=C(Nc1ccccc1C(=O)N1CCCCC1)c1cc(-c2ccc(Br)cc2)n[nH]1. The Labute approximate surface area is 177 Å². The number of benzene rings is 2. The first-order chi connectivity index (χ1) is 14.1. The Bertz CT molecular complexity index is 1020. The molecule has 6 nitrogen and oxygen atoms in total. The van der Waals surface area contributed by atoms with E-state index in [2.05, 4.69) is 31.4 Å². The van der Waals surface area contributed by atoms with E-state index in [0.29, 0.717) is 22.6 Å². The molecule has 148 valence electrons. The number of anilines is 1. The summed E-state index contributed by atoms with van der Waals surface area (Å²) in [6.45, 7) is 1.52. The number of aromatic nitrogens is 2. The summed E-state index contributed by atoms with van der Waals surface area (Å²) in [5.74, 6) is -0.375. The zero-order valence-electron chi connectivity index (χ0n) is 15.8. The van der Waals surface area contributed by atoms with Crippen LogP contribution in [0.25, 0.3) is 11.3 Å². The van der Waals surface area contributed by atoms with Gasteiger partial charge in [0.15, 0.2) is 0 Å². The normalized spacial score (nSPS) is 13.9. The molecule has 0 atom stereocenters. The van der Waals surface area contributed by atoms with Crippen molar-refractivity contribution in [3.8, 4) is 11.3 Å². The zero-order valence-corrected chi connectivity index (χ0v) is 17.4. The lowest BCUT2D eigenvalue weighted by atomic mass is 10.1. The number of nitrogens with zero attached hydrogens (tertiary/aromatic N) is 2. The van der Waals surface area contributed by atoms with Crippen molar-refractivity contribution < 1.29 is 9.59 Å². The van der Waals surface area contributed by atoms with Crippen molar-refractivity contribution in [3.05, 3.63) is 70.3 Å². The van der Waals surface area contributed by atoms with Crippen molar-refractivity contribution >= 4 is 33.4 Å². The van der Waals surface area contributed by atoms with Gasteiger partial charge < -0.3 is 10.2 Å². The molecule has 2 N–H and O–H groups in total. The maximum atomic E-state index is 12.9. The molecule has 1 aliphatic heterocycles. The predicted octanol–water partition coefficient (Wildman–Crippen LogP) is 4.72. The first-order valence-electron chi connectivity index (χ1n) is 9.63. The number of piperidine rings is 1. The molecule has 2 amide bonds. The fraction of sp³-hybridized carbons (Fsp3) is 0.227. The number of halogens is 1. The van der Waals surface area contributed by atoms with Crippen LogP contribution in [0.1, 0.15) is 40.1 Å². The second-order valence-electron chi connectivity index (χ2n) is 7.03. The quantitative estimate of drug-likeness (QED) is 0.600. The Morgan fingerprint density at radius 3 is 2.48 bits per heavy atom. The maximum Gasteiger partial charge on any atom is 0.273 e. The van der Waals surface area contributed by atoms with Crippen LogP contribution in [0, 0.1) is 0 Å². The minimum absolute atomic E-state index is 0.0410. The van der Waals surface area contributed by atoms with Gasteiger partial charge in [0, 0.05) is 23.1 Å². The highest BCUT2D eigenvalue weighted by Crippen LogP contribution is 2.23. The van der Waals surface area contributed by atoms with E-state index in [-0.39, 0.29) is 11.8 Å². The third-order valence-electron chi connectivity index (χ3n) is 5.01. The first kappa shape index (κ1) is 19.4. The second kappa shape index (κ2) is 8.61. The molecule has 29 heavy (non-hydrogen) atoms. The molecule has 0 radical (unpaired) electrons. The number of carbonyl (C=O) groups excluding carboxylic acids is 2. The van der Waals surface area contributed by atoms with Crippen molar-refractivity contribution in [2.24, 2.45) is 0 Å². The Hall–Kier alpha value is -2.93. The summed E-state index contributed by atoms with van der Waals surface area (Å²) in [7, 11) is 0. The molecule has 2 heterocycles. The van der Waals surface area contributed by atoms with E-state index in [1.54, 1.807) is 18.2 Å². The molecule has 0 bridgehead atoms. The van der Waals surface area contributed by atoms with Crippen LogP contribution in [0.5, 0.6) is 0 Å². The number of para-hydroxylation sites is 1. The molecule has 1 aromatic heterocycles. The number of carbonyl (C=O) groups is 2. The van der Waals surface area contributed by atoms with Gasteiger partial charge in [0.05, 0.1) is 16.9 Å². The Morgan fingerprint density at radius 2 is 1.72 bits per heavy atom. The molecule has 0 unspecified atom stereocenters. The van der Waals surface area contributed by atoms with E-state index >= 15 is 0 Å². The number of rotatable bonds is 4. The van der Waals surface area contributed by atoms with Gasteiger partial charge in [-0.3, -0.25) is 14.7 Å². The van der Waals surface area contributed by atoms with E-state index in [1.165, 1.54) is 0 Å².